The molecule has 0 saturated carbocycles. The van der Waals surface area contributed by atoms with E-state index in [0.29, 0.717) is 38.9 Å². The van der Waals surface area contributed by atoms with Crippen LogP contribution >= 0.6 is 0 Å². The monoisotopic (exact) mass is 703 g/mol. The molecule has 0 radical (unpaired) electrons. The first-order valence-electron chi connectivity index (χ1n) is 19.2. The maximum absolute atomic E-state index is 14.3. The number of hydrogen-bond donors (Lipinski definition) is 1. The van der Waals surface area contributed by atoms with Crippen molar-refractivity contribution in [3.05, 3.63) is 0 Å². The predicted octanol–water partition coefficient (Wildman–Crippen LogP) is 3.27. The zero-order chi connectivity index (χ0) is 37.1. The van der Waals surface area contributed by atoms with Crippen LogP contribution in [0.3, 0.4) is 0 Å². The molecule has 6 atom stereocenters. The maximum atomic E-state index is 14.3. The quantitative estimate of drug-likeness (QED) is 0.345. The van der Waals surface area contributed by atoms with E-state index in [0.717, 1.165) is 51.6 Å². The van der Waals surface area contributed by atoms with Gasteiger partial charge in [-0.3, -0.25) is 29.0 Å². The van der Waals surface area contributed by atoms with Gasteiger partial charge in [-0.2, -0.15) is 0 Å². The Bertz CT molecular complexity index is 1240. The lowest BCUT2D eigenvalue weighted by molar-refractivity contribution is -0.164. The molecule has 1 N–H and O–H groups in total. The molecular weight excluding hydrogens is 636 g/mol. The van der Waals surface area contributed by atoms with Gasteiger partial charge in [-0.15, -0.1) is 0 Å². The Morgan fingerprint density at radius 1 is 0.740 bits per heavy atom. The molecule has 0 aliphatic carbocycles. The van der Waals surface area contributed by atoms with Crippen LogP contribution in [0.1, 0.15) is 113 Å². The predicted molar refractivity (Wildman–Crippen MR) is 193 cm³/mol. The topological polar surface area (TPSA) is 123 Å². The van der Waals surface area contributed by atoms with E-state index in [1.165, 1.54) is 0 Å². The average Bonchev–Trinajstić information content (AvgIpc) is 3.81. The molecule has 4 amide bonds. The molecule has 0 aromatic rings. The molecule has 0 aromatic heterocycles. The molecule has 12 nitrogen and oxygen atoms in total. The third kappa shape index (κ3) is 9.38. The van der Waals surface area contributed by atoms with Crippen molar-refractivity contribution in [2.24, 2.45) is 11.3 Å². The number of carbonyl (C=O) groups is 5. The number of rotatable bonds is 10. The van der Waals surface area contributed by atoms with E-state index >= 15 is 0 Å². The molecule has 4 aliphatic heterocycles. The van der Waals surface area contributed by atoms with Crippen LogP contribution < -0.4 is 5.32 Å². The molecule has 0 aromatic carbocycles. The van der Waals surface area contributed by atoms with Crippen molar-refractivity contribution in [1.29, 1.82) is 0 Å². The molecule has 4 aliphatic rings. The molecular formula is C38H66N6O6. The van der Waals surface area contributed by atoms with Crippen LogP contribution in [0.15, 0.2) is 0 Å². The van der Waals surface area contributed by atoms with Gasteiger partial charge in [-0.1, -0.05) is 41.0 Å². The average molecular weight is 703 g/mol. The number of piperidine rings is 1. The molecule has 4 rings (SSSR count). The van der Waals surface area contributed by atoms with Crippen molar-refractivity contribution in [2.45, 2.75) is 155 Å². The number of nitrogens with one attached hydrogen (secondary N) is 1. The first-order chi connectivity index (χ1) is 23.3. The minimum absolute atomic E-state index is 0.0423. The second-order valence-electron chi connectivity index (χ2n) is 17.6. The van der Waals surface area contributed by atoms with Crippen molar-refractivity contribution >= 4 is 29.6 Å². The Hall–Kier alpha value is -2.73. The fraction of sp³-hybridized carbons (Fsp3) is 0.868. The van der Waals surface area contributed by atoms with Gasteiger partial charge in [0.25, 0.3) is 0 Å². The fourth-order valence-electron chi connectivity index (χ4n) is 8.32. The Labute approximate surface area is 300 Å². The van der Waals surface area contributed by atoms with Gasteiger partial charge >= 0.3 is 5.97 Å². The summed E-state index contributed by atoms with van der Waals surface area (Å²) < 4.78 is 5.64. The summed E-state index contributed by atoms with van der Waals surface area (Å²) in [4.78, 5) is 78.4. The first kappa shape index (κ1) is 40.0. The highest BCUT2D eigenvalue weighted by atomic mass is 16.6. The summed E-state index contributed by atoms with van der Waals surface area (Å²) in [5.41, 5.74) is -1.15. The smallest absolute Gasteiger partial charge is 0.329 e. The number of hydrogen-bond acceptors (Lipinski definition) is 8. The van der Waals surface area contributed by atoms with Crippen molar-refractivity contribution in [3.63, 3.8) is 0 Å². The van der Waals surface area contributed by atoms with Crippen LogP contribution in [0.2, 0.25) is 0 Å². The van der Waals surface area contributed by atoms with Crippen molar-refractivity contribution in [3.8, 4) is 0 Å². The molecule has 0 bridgehead atoms. The van der Waals surface area contributed by atoms with E-state index in [9.17, 15) is 24.0 Å². The van der Waals surface area contributed by atoms with Gasteiger partial charge in [0, 0.05) is 32.7 Å². The van der Waals surface area contributed by atoms with Gasteiger partial charge in [0.05, 0.1) is 12.1 Å². The molecule has 0 unspecified atom stereocenters. The first-order valence-corrected chi connectivity index (χ1v) is 19.2. The van der Waals surface area contributed by atoms with Crippen LogP contribution in [-0.2, 0) is 28.7 Å². The number of likely N-dealkylation sites (tertiary alicyclic amines) is 4. The minimum Gasteiger partial charge on any atom is -0.458 e. The molecule has 50 heavy (non-hydrogen) atoms. The number of carbonyl (C=O) groups excluding carboxylic acids is 5. The van der Waals surface area contributed by atoms with Crippen LogP contribution in [0, 0.1) is 11.3 Å². The van der Waals surface area contributed by atoms with Gasteiger partial charge in [0.1, 0.15) is 23.7 Å². The summed E-state index contributed by atoms with van der Waals surface area (Å²) in [6, 6.07) is -2.71. The molecule has 12 heteroatoms. The summed E-state index contributed by atoms with van der Waals surface area (Å²) in [7, 11) is 3.79. The van der Waals surface area contributed by atoms with Gasteiger partial charge < -0.3 is 24.8 Å². The Morgan fingerprint density at radius 3 is 1.86 bits per heavy atom. The van der Waals surface area contributed by atoms with Crippen LogP contribution in [-0.4, -0.2) is 143 Å². The largest absolute Gasteiger partial charge is 0.458 e. The standard InChI is InChI=1S/C38H66N6O6/c1-25(2)30(41(10)35(48)31(37(3,4)5)39-32(45)26-16-11-12-20-40(26)9)24-42-21-13-17-27(42)33(46)43-22-14-18-28(43)34(47)44-23-15-19-29(44)36(49)50-38(6,7)8/h25-31H,11-24H2,1-10H3,(H,39,45)/t26-,27+,28+,29+,30-,31-/m1/s1. The Balaban J connectivity index is 1.45. The lowest BCUT2D eigenvalue weighted by atomic mass is 9.84. The van der Waals surface area contributed by atoms with E-state index in [-0.39, 0.29) is 53.6 Å². The minimum atomic E-state index is -0.695. The highest BCUT2D eigenvalue weighted by Gasteiger charge is 2.46. The maximum Gasteiger partial charge on any atom is 0.329 e. The fourth-order valence-corrected chi connectivity index (χ4v) is 8.32. The molecule has 0 spiro atoms. The summed E-state index contributed by atoms with van der Waals surface area (Å²) in [6.07, 6.45) is 7.02. The van der Waals surface area contributed by atoms with Gasteiger partial charge in [0.15, 0.2) is 0 Å². The highest BCUT2D eigenvalue weighted by molar-refractivity contribution is 5.93. The number of nitrogens with zero attached hydrogens (tertiary/aromatic N) is 5. The Morgan fingerprint density at radius 2 is 1.28 bits per heavy atom. The van der Waals surface area contributed by atoms with Crippen LogP contribution in [0.5, 0.6) is 0 Å². The van der Waals surface area contributed by atoms with Crippen molar-refractivity contribution in [2.75, 3.05) is 46.8 Å². The zero-order valence-corrected chi connectivity index (χ0v) is 32.6. The molecule has 284 valence electrons. The normalized spacial score (nSPS) is 26.6. The molecule has 4 fully saturated rings. The summed E-state index contributed by atoms with van der Waals surface area (Å²) >= 11 is 0. The Kier molecular flexibility index (Phi) is 13.1. The second-order valence-corrected chi connectivity index (χ2v) is 17.6. The van der Waals surface area contributed by atoms with E-state index in [2.05, 4.69) is 29.0 Å². The van der Waals surface area contributed by atoms with E-state index in [4.69, 9.17) is 4.74 Å². The SMILES string of the molecule is CC(C)[C@@H](CN1CCC[C@H]1C(=O)N1CCC[C@H]1C(=O)N1CCC[C@H]1C(=O)OC(C)(C)C)N(C)C(=O)[C@@H](NC(=O)[C@H]1CCCCN1C)C(C)(C)C. The summed E-state index contributed by atoms with van der Waals surface area (Å²) in [5, 5.41) is 3.14. The molecule has 4 saturated heterocycles. The number of ether oxygens (including phenoxy) is 1. The zero-order valence-electron chi connectivity index (χ0n) is 32.6. The molecule has 4 heterocycles. The lowest BCUT2D eigenvalue weighted by Gasteiger charge is -2.41. The highest BCUT2D eigenvalue weighted by Crippen LogP contribution is 2.31. The van der Waals surface area contributed by atoms with Crippen molar-refractivity contribution < 1.29 is 28.7 Å². The van der Waals surface area contributed by atoms with E-state index in [1.807, 2.05) is 55.6 Å². The van der Waals surface area contributed by atoms with Crippen LogP contribution in [0.4, 0.5) is 0 Å². The van der Waals surface area contributed by atoms with E-state index in [1.54, 1.807) is 14.7 Å². The number of esters is 1. The van der Waals surface area contributed by atoms with Gasteiger partial charge in [0.2, 0.25) is 23.6 Å². The second kappa shape index (κ2) is 16.3. The third-order valence-corrected chi connectivity index (χ3v) is 11.2. The van der Waals surface area contributed by atoms with Gasteiger partial charge in [-0.05, 0) is 104 Å². The third-order valence-electron chi connectivity index (χ3n) is 11.2. The van der Waals surface area contributed by atoms with Crippen molar-refractivity contribution in [1.82, 2.24) is 29.8 Å². The van der Waals surface area contributed by atoms with Crippen LogP contribution in [0.25, 0.3) is 0 Å². The van der Waals surface area contributed by atoms with Gasteiger partial charge in [-0.25, -0.2) is 4.79 Å². The van der Waals surface area contributed by atoms with E-state index < -0.39 is 29.1 Å². The lowest BCUT2D eigenvalue weighted by Crippen LogP contribution is -2.61. The summed E-state index contributed by atoms with van der Waals surface area (Å²) in [6.45, 7) is 18.7. The summed E-state index contributed by atoms with van der Waals surface area (Å²) in [5.74, 6) is -0.703. The number of amides is 4. The number of likely N-dealkylation sites (N-methyl/N-ethyl adjacent to an activating group) is 2.